The highest BCUT2D eigenvalue weighted by Crippen LogP contribution is 2.21. The van der Waals surface area contributed by atoms with Crippen LogP contribution in [0.2, 0.25) is 0 Å². The van der Waals surface area contributed by atoms with Crippen molar-refractivity contribution < 1.29 is 4.79 Å². The number of hydrogen-bond donors (Lipinski definition) is 2. The van der Waals surface area contributed by atoms with Crippen LogP contribution in [0.5, 0.6) is 0 Å². The second-order valence-electron chi connectivity index (χ2n) is 5.85. The molecule has 0 aromatic carbocycles. The maximum atomic E-state index is 11.9. The topological polar surface area (TPSA) is 89.7 Å². The fourth-order valence-electron chi connectivity index (χ4n) is 2.81. The monoisotopic (exact) mass is 317 g/mol. The number of nitrogens with one attached hydrogen (secondary N) is 2. The van der Waals surface area contributed by atoms with E-state index >= 15 is 0 Å². The molecule has 1 saturated heterocycles. The number of nitrogens with zero attached hydrogens (tertiary/aromatic N) is 5. The second kappa shape index (κ2) is 7.87. The lowest BCUT2D eigenvalue weighted by Crippen LogP contribution is -2.30. The zero-order valence-electron chi connectivity index (χ0n) is 13.2. The summed E-state index contributed by atoms with van der Waals surface area (Å²) >= 11 is 0. The van der Waals surface area contributed by atoms with E-state index in [0.29, 0.717) is 12.5 Å². The lowest BCUT2D eigenvalue weighted by Gasteiger charge is -2.20. The van der Waals surface area contributed by atoms with Gasteiger partial charge in [0.2, 0.25) is 5.91 Å². The average Bonchev–Trinajstić information content (AvgIpc) is 3.24. The molecule has 2 aromatic heterocycles. The fraction of sp³-hybridized carbons (Fsp3) is 0.600. The summed E-state index contributed by atoms with van der Waals surface area (Å²) in [5.41, 5.74) is 1.08. The summed E-state index contributed by atoms with van der Waals surface area (Å²) in [6.07, 6.45) is 8.53. The minimum Gasteiger partial charge on any atom is -0.354 e. The summed E-state index contributed by atoms with van der Waals surface area (Å²) in [4.78, 5) is 11.9. The summed E-state index contributed by atoms with van der Waals surface area (Å²) in [7, 11) is 0. The van der Waals surface area contributed by atoms with Gasteiger partial charge in [-0.25, -0.2) is 0 Å². The number of piperidine rings is 1. The van der Waals surface area contributed by atoms with E-state index in [1.165, 1.54) is 12.8 Å². The minimum absolute atomic E-state index is 0.0139. The van der Waals surface area contributed by atoms with Crippen LogP contribution in [0.25, 0.3) is 0 Å². The standard InChI is InChI=1S/C15H23N7O/c23-15(17-6-2-8-21-10-7-18-20-21)12-22-9-4-14(19-22)13-3-1-5-16-11-13/h4,7,9-10,13,16H,1-3,5-6,8,11-12H2,(H,17,23)/t13-/m0/s1. The van der Waals surface area contributed by atoms with Gasteiger partial charge >= 0.3 is 0 Å². The molecule has 1 amide bonds. The first kappa shape index (κ1) is 15.7. The van der Waals surface area contributed by atoms with E-state index in [-0.39, 0.29) is 12.5 Å². The summed E-state index contributed by atoms with van der Waals surface area (Å²) < 4.78 is 3.47. The zero-order valence-corrected chi connectivity index (χ0v) is 13.2. The molecule has 1 aliphatic heterocycles. The fourth-order valence-corrected chi connectivity index (χ4v) is 2.81. The number of hydrogen-bond acceptors (Lipinski definition) is 5. The maximum Gasteiger partial charge on any atom is 0.241 e. The SMILES string of the molecule is O=C(Cn1ccc([C@H]2CCCNC2)n1)NCCCn1ccnn1. The molecule has 23 heavy (non-hydrogen) atoms. The highest BCUT2D eigenvalue weighted by molar-refractivity contribution is 5.75. The van der Waals surface area contributed by atoms with Crippen LogP contribution in [0.15, 0.2) is 24.7 Å². The molecule has 0 saturated carbocycles. The lowest BCUT2D eigenvalue weighted by atomic mass is 9.97. The van der Waals surface area contributed by atoms with Gasteiger partial charge in [-0.2, -0.15) is 5.10 Å². The normalized spacial score (nSPS) is 18.0. The average molecular weight is 317 g/mol. The van der Waals surface area contributed by atoms with E-state index in [2.05, 4.69) is 26.0 Å². The van der Waals surface area contributed by atoms with E-state index in [1.807, 2.05) is 18.5 Å². The van der Waals surface area contributed by atoms with Crippen molar-refractivity contribution in [2.24, 2.45) is 0 Å². The van der Waals surface area contributed by atoms with Crippen LogP contribution in [0.4, 0.5) is 0 Å². The predicted octanol–water partition coefficient (Wildman–Crippen LogP) is 0.148. The van der Waals surface area contributed by atoms with Crippen molar-refractivity contribution in [2.75, 3.05) is 19.6 Å². The van der Waals surface area contributed by atoms with E-state index < -0.39 is 0 Å². The molecule has 0 bridgehead atoms. The van der Waals surface area contributed by atoms with Crippen molar-refractivity contribution in [3.8, 4) is 0 Å². The summed E-state index contributed by atoms with van der Waals surface area (Å²) in [6, 6.07) is 2.02. The molecule has 3 rings (SSSR count). The van der Waals surface area contributed by atoms with Crippen LogP contribution in [0, 0.1) is 0 Å². The molecule has 8 nitrogen and oxygen atoms in total. The molecule has 2 N–H and O–H groups in total. The van der Waals surface area contributed by atoms with Crippen molar-refractivity contribution in [3.05, 3.63) is 30.4 Å². The number of aromatic nitrogens is 5. The van der Waals surface area contributed by atoms with Crippen molar-refractivity contribution in [2.45, 2.75) is 38.3 Å². The quantitative estimate of drug-likeness (QED) is 0.710. The molecule has 1 atom stereocenters. The smallest absolute Gasteiger partial charge is 0.241 e. The molecule has 1 aliphatic rings. The van der Waals surface area contributed by atoms with Crippen LogP contribution < -0.4 is 10.6 Å². The van der Waals surface area contributed by atoms with Crippen molar-refractivity contribution in [1.29, 1.82) is 0 Å². The Kier molecular flexibility index (Phi) is 5.36. The predicted molar refractivity (Wildman–Crippen MR) is 84.7 cm³/mol. The van der Waals surface area contributed by atoms with Crippen molar-refractivity contribution >= 4 is 5.91 Å². The van der Waals surface area contributed by atoms with Gasteiger partial charge < -0.3 is 10.6 Å². The number of carbonyl (C=O) groups is 1. The Bertz CT molecular complexity index is 601. The van der Waals surface area contributed by atoms with Crippen LogP contribution in [-0.2, 0) is 17.9 Å². The number of amides is 1. The third-order valence-electron chi connectivity index (χ3n) is 4.04. The van der Waals surface area contributed by atoms with Crippen LogP contribution in [-0.4, -0.2) is 50.3 Å². The summed E-state index contributed by atoms with van der Waals surface area (Å²) in [5.74, 6) is 0.454. The van der Waals surface area contributed by atoms with Crippen LogP contribution >= 0.6 is 0 Å². The first-order valence-electron chi connectivity index (χ1n) is 8.16. The molecular weight excluding hydrogens is 294 g/mol. The molecular formula is C15H23N7O. The maximum absolute atomic E-state index is 11.9. The Morgan fingerprint density at radius 2 is 2.35 bits per heavy atom. The highest BCUT2D eigenvalue weighted by atomic mass is 16.2. The van der Waals surface area contributed by atoms with Gasteiger partial charge in [-0.15, -0.1) is 5.10 Å². The zero-order chi connectivity index (χ0) is 15.9. The molecule has 0 unspecified atom stereocenters. The van der Waals surface area contributed by atoms with Gasteiger partial charge in [0.1, 0.15) is 6.54 Å². The number of carbonyl (C=O) groups excluding carboxylic acids is 1. The molecule has 2 aromatic rings. The van der Waals surface area contributed by atoms with E-state index in [1.54, 1.807) is 15.6 Å². The summed E-state index contributed by atoms with van der Waals surface area (Å²) in [6.45, 7) is 3.71. The van der Waals surface area contributed by atoms with Gasteiger partial charge in [-0.1, -0.05) is 5.21 Å². The molecule has 0 spiro atoms. The largest absolute Gasteiger partial charge is 0.354 e. The Labute approximate surface area is 135 Å². The first-order valence-corrected chi connectivity index (χ1v) is 8.16. The second-order valence-corrected chi connectivity index (χ2v) is 5.85. The van der Waals surface area contributed by atoms with Gasteiger partial charge in [-0.05, 0) is 31.9 Å². The molecule has 0 radical (unpaired) electrons. The van der Waals surface area contributed by atoms with Gasteiger partial charge in [0, 0.05) is 37.9 Å². The Balaban J connectivity index is 1.38. The summed E-state index contributed by atoms with van der Waals surface area (Å²) in [5, 5.41) is 18.5. The molecule has 0 aliphatic carbocycles. The van der Waals surface area contributed by atoms with Gasteiger partial charge in [-0.3, -0.25) is 14.2 Å². The Morgan fingerprint density at radius 3 is 3.13 bits per heavy atom. The van der Waals surface area contributed by atoms with Crippen LogP contribution in [0.3, 0.4) is 0 Å². The third kappa shape index (κ3) is 4.62. The van der Waals surface area contributed by atoms with E-state index in [9.17, 15) is 4.79 Å². The van der Waals surface area contributed by atoms with Gasteiger partial charge in [0.25, 0.3) is 0 Å². The number of rotatable bonds is 7. The third-order valence-corrected chi connectivity index (χ3v) is 4.04. The minimum atomic E-state index is -0.0139. The van der Waals surface area contributed by atoms with E-state index in [0.717, 1.165) is 31.7 Å². The first-order chi connectivity index (χ1) is 11.3. The van der Waals surface area contributed by atoms with Crippen molar-refractivity contribution in [3.63, 3.8) is 0 Å². The number of aryl methyl sites for hydroxylation is 1. The Hall–Kier alpha value is -2.22. The molecule has 1 fully saturated rings. The molecule has 124 valence electrons. The molecule has 3 heterocycles. The van der Waals surface area contributed by atoms with E-state index in [4.69, 9.17) is 0 Å². The van der Waals surface area contributed by atoms with Crippen LogP contribution in [0.1, 0.15) is 30.9 Å². The van der Waals surface area contributed by atoms with Gasteiger partial charge in [0.05, 0.1) is 11.9 Å². The molecule has 8 heteroatoms. The highest BCUT2D eigenvalue weighted by Gasteiger charge is 2.17. The lowest BCUT2D eigenvalue weighted by molar-refractivity contribution is -0.121. The Morgan fingerprint density at radius 1 is 1.39 bits per heavy atom. The van der Waals surface area contributed by atoms with Crippen molar-refractivity contribution in [1.82, 2.24) is 35.4 Å². The van der Waals surface area contributed by atoms with Gasteiger partial charge in [0.15, 0.2) is 0 Å².